The summed E-state index contributed by atoms with van der Waals surface area (Å²) in [5, 5.41) is 10.7. The van der Waals surface area contributed by atoms with Crippen molar-refractivity contribution in [3.63, 3.8) is 0 Å². The van der Waals surface area contributed by atoms with E-state index in [0.29, 0.717) is 4.21 Å². The molecule has 0 radical (unpaired) electrons. The van der Waals surface area contributed by atoms with Gasteiger partial charge in [-0.25, -0.2) is 8.42 Å². The standard InChI is InChI=1S/C7H8BrNO3S2/c8-5-1-7(13-4-5)14(11,12)9-2-6(10)3-9/h1,4,6,10H,2-3H2. The Hall–Kier alpha value is 0.0500. The van der Waals surface area contributed by atoms with Gasteiger partial charge in [-0.05, 0) is 22.0 Å². The van der Waals surface area contributed by atoms with Crippen LogP contribution in [0.5, 0.6) is 0 Å². The second kappa shape index (κ2) is 3.57. The zero-order valence-electron chi connectivity index (χ0n) is 7.05. The number of thiophene rings is 1. The lowest BCUT2D eigenvalue weighted by molar-refractivity contribution is 0.0549. The molecule has 0 amide bonds. The highest BCUT2D eigenvalue weighted by molar-refractivity contribution is 9.10. The molecule has 1 aromatic heterocycles. The Labute approximate surface area is 94.3 Å². The van der Waals surface area contributed by atoms with E-state index in [2.05, 4.69) is 15.9 Å². The number of hydrogen-bond acceptors (Lipinski definition) is 4. The summed E-state index contributed by atoms with van der Waals surface area (Å²) in [7, 11) is -3.35. The molecule has 7 heteroatoms. The van der Waals surface area contributed by atoms with Crippen molar-refractivity contribution in [2.45, 2.75) is 10.3 Å². The van der Waals surface area contributed by atoms with Crippen molar-refractivity contribution in [1.82, 2.24) is 4.31 Å². The van der Waals surface area contributed by atoms with E-state index in [-0.39, 0.29) is 13.1 Å². The second-order valence-corrected chi connectivity index (χ2v) is 7.05. The lowest BCUT2D eigenvalue weighted by Crippen LogP contribution is -2.53. The van der Waals surface area contributed by atoms with Crippen LogP contribution in [-0.2, 0) is 10.0 Å². The predicted octanol–water partition coefficient (Wildman–Crippen LogP) is 0.876. The van der Waals surface area contributed by atoms with Gasteiger partial charge in [-0.1, -0.05) is 0 Å². The molecule has 1 fully saturated rings. The number of rotatable bonds is 2. The average molecular weight is 298 g/mol. The first kappa shape index (κ1) is 10.6. The van der Waals surface area contributed by atoms with Crippen LogP contribution in [0.3, 0.4) is 0 Å². The van der Waals surface area contributed by atoms with E-state index in [9.17, 15) is 8.42 Å². The van der Waals surface area contributed by atoms with Gasteiger partial charge in [0.05, 0.1) is 6.10 Å². The first-order valence-corrected chi connectivity index (χ1v) is 7.03. The van der Waals surface area contributed by atoms with Crippen molar-refractivity contribution in [1.29, 1.82) is 0 Å². The summed E-state index contributed by atoms with van der Waals surface area (Å²) in [5.41, 5.74) is 0. The van der Waals surface area contributed by atoms with Crippen LogP contribution in [0.1, 0.15) is 0 Å². The fraction of sp³-hybridized carbons (Fsp3) is 0.429. The number of sulfonamides is 1. The minimum absolute atomic E-state index is 0.206. The van der Waals surface area contributed by atoms with Crippen molar-refractivity contribution in [2.75, 3.05) is 13.1 Å². The van der Waals surface area contributed by atoms with Crippen LogP contribution in [0, 0.1) is 0 Å². The molecule has 0 unspecified atom stereocenters. The van der Waals surface area contributed by atoms with Crippen molar-refractivity contribution in [3.8, 4) is 0 Å². The molecule has 0 aliphatic carbocycles. The van der Waals surface area contributed by atoms with Gasteiger partial charge in [-0.2, -0.15) is 4.31 Å². The molecule has 1 saturated heterocycles. The van der Waals surface area contributed by atoms with Crippen molar-refractivity contribution in [2.24, 2.45) is 0 Å². The summed E-state index contributed by atoms with van der Waals surface area (Å²) in [6, 6.07) is 1.57. The van der Waals surface area contributed by atoms with E-state index in [1.165, 1.54) is 15.6 Å². The Morgan fingerprint density at radius 2 is 2.21 bits per heavy atom. The Balaban J connectivity index is 2.25. The number of β-amino-alcohol motifs (C(OH)–C–C–N with tert-alkyl or cyclic N) is 1. The van der Waals surface area contributed by atoms with Crippen LogP contribution in [0.15, 0.2) is 20.1 Å². The molecule has 14 heavy (non-hydrogen) atoms. The number of hydrogen-bond donors (Lipinski definition) is 1. The molecule has 2 rings (SSSR count). The molecular weight excluding hydrogens is 290 g/mol. The maximum absolute atomic E-state index is 11.8. The maximum Gasteiger partial charge on any atom is 0.252 e. The summed E-state index contributed by atoms with van der Waals surface area (Å²) < 4.78 is 25.9. The van der Waals surface area contributed by atoms with Gasteiger partial charge in [0.2, 0.25) is 0 Å². The van der Waals surface area contributed by atoms with E-state index in [4.69, 9.17) is 5.11 Å². The minimum Gasteiger partial charge on any atom is -0.390 e. The summed E-state index contributed by atoms with van der Waals surface area (Å²) in [5.74, 6) is 0. The van der Waals surface area contributed by atoms with Crippen molar-refractivity contribution in [3.05, 3.63) is 15.9 Å². The molecule has 2 heterocycles. The molecule has 0 saturated carbocycles. The first-order valence-electron chi connectivity index (χ1n) is 3.92. The van der Waals surface area contributed by atoms with Gasteiger partial charge in [0, 0.05) is 22.9 Å². The van der Waals surface area contributed by atoms with Gasteiger partial charge < -0.3 is 5.11 Å². The lowest BCUT2D eigenvalue weighted by Gasteiger charge is -2.33. The molecule has 1 N–H and O–H groups in total. The molecule has 1 aliphatic heterocycles. The Kier molecular flexibility index (Phi) is 2.69. The van der Waals surface area contributed by atoms with Crippen molar-refractivity contribution >= 4 is 37.3 Å². The highest BCUT2D eigenvalue weighted by Crippen LogP contribution is 2.29. The van der Waals surface area contributed by atoms with Crippen LogP contribution < -0.4 is 0 Å². The quantitative estimate of drug-likeness (QED) is 0.881. The maximum atomic E-state index is 11.8. The summed E-state index contributed by atoms with van der Waals surface area (Å²) in [4.78, 5) is 0. The van der Waals surface area contributed by atoms with Crippen LogP contribution in [-0.4, -0.2) is 37.0 Å². The fourth-order valence-corrected chi connectivity index (χ4v) is 4.69. The number of halogens is 1. The highest BCUT2D eigenvalue weighted by atomic mass is 79.9. The van der Waals surface area contributed by atoms with Crippen LogP contribution in [0.4, 0.5) is 0 Å². The van der Waals surface area contributed by atoms with E-state index in [1.807, 2.05) is 0 Å². The minimum atomic E-state index is -3.35. The zero-order chi connectivity index (χ0) is 10.3. The lowest BCUT2D eigenvalue weighted by atomic mass is 10.2. The predicted molar refractivity (Wildman–Crippen MR) is 56.8 cm³/mol. The van der Waals surface area contributed by atoms with Gasteiger partial charge >= 0.3 is 0 Å². The van der Waals surface area contributed by atoms with Gasteiger partial charge in [-0.15, -0.1) is 11.3 Å². The Morgan fingerprint density at radius 1 is 1.57 bits per heavy atom. The topological polar surface area (TPSA) is 57.6 Å². The molecule has 0 spiro atoms. The third-order valence-corrected chi connectivity index (χ3v) is 5.97. The number of aliphatic hydroxyl groups excluding tert-OH is 1. The second-order valence-electron chi connectivity index (χ2n) is 3.06. The largest absolute Gasteiger partial charge is 0.390 e. The summed E-state index contributed by atoms with van der Waals surface area (Å²) >= 11 is 4.38. The van der Waals surface area contributed by atoms with Gasteiger partial charge in [0.1, 0.15) is 4.21 Å². The van der Waals surface area contributed by atoms with E-state index < -0.39 is 16.1 Å². The third kappa shape index (κ3) is 1.74. The van der Waals surface area contributed by atoms with Crippen LogP contribution in [0.25, 0.3) is 0 Å². The number of aliphatic hydroxyl groups is 1. The summed E-state index contributed by atoms with van der Waals surface area (Å²) in [6.07, 6.45) is -0.506. The molecule has 78 valence electrons. The SMILES string of the molecule is O=S(=O)(c1cc(Br)cs1)N1CC(O)C1. The smallest absolute Gasteiger partial charge is 0.252 e. The van der Waals surface area contributed by atoms with Crippen LogP contribution >= 0.6 is 27.3 Å². The Morgan fingerprint density at radius 3 is 2.64 bits per heavy atom. The van der Waals surface area contributed by atoms with Gasteiger partial charge in [-0.3, -0.25) is 0 Å². The summed E-state index contributed by atoms with van der Waals surface area (Å²) in [6.45, 7) is 0.412. The molecule has 4 nitrogen and oxygen atoms in total. The van der Waals surface area contributed by atoms with Crippen LogP contribution in [0.2, 0.25) is 0 Å². The van der Waals surface area contributed by atoms with E-state index in [1.54, 1.807) is 11.4 Å². The zero-order valence-corrected chi connectivity index (χ0v) is 10.3. The van der Waals surface area contributed by atoms with E-state index >= 15 is 0 Å². The number of nitrogens with zero attached hydrogens (tertiary/aromatic N) is 1. The molecule has 1 aliphatic rings. The van der Waals surface area contributed by atoms with E-state index in [0.717, 1.165) is 4.47 Å². The highest BCUT2D eigenvalue weighted by Gasteiger charge is 2.36. The van der Waals surface area contributed by atoms with Gasteiger partial charge in [0.15, 0.2) is 0 Å². The molecule has 0 aromatic carbocycles. The molecule has 1 aromatic rings. The first-order chi connectivity index (χ1) is 6.50. The molecule has 0 bridgehead atoms. The average Bonchev–Trinajstić information content (AvgIpc) is 2.46. The molecular formula is C7H8BrNO3S2. The normalized spacial score (nSPS) is 19.6. The Bertz CT molecular complexity index is 436. The third-order valence-electron chi connectivity index (χ3n) is 1.97. The monoisotopic (exact) mass is 297 g/mol. The van der Waals surface area contributed by atoms with Gasteiger partial charge in [0.25, 0.3) is 10.0 Å². The molecule has 0 atom stereocenters. The van der Waals surface area contributed by atoms with Crippen molar-refractivity contribution < 1.29 is 13.5 Å². The fourth-order valence-electron chi connectivity index (χ4n) is 1.17.